The molecule has 1 fully saturated rings. The Morgan fingerprint density at radius 1 is 1.33 bits per heavy atom. The fraction of sp³-hybridized carbons (Fsp3) is 0.375. The van der Waals surface area contributed by atoms with E-state index in [0.29, 0.717) is 23.0 Å². The number of aromatic nitrogens is 2. The highest BCUT2D eigenvalue weighted by molar-refractivity contribution is 14.1. The summed E-state index contributed by atoms with van der Waals surface area (Å²) in [5, 5.41) is 5.18. The fourth-order valence-electron chi connectivity index (χ4n) is 2.78. The largest absolute Gasteiger partial charge is 0.294 e. The number of nitrogens with zero attached hydrogens (tertiary/aromatic N) is 2. The van der Waals surface area contributed by atoms with Gasteiger partial charge in [-0.15, -0.1) is 0 Å². The van der Waals surface area contributed by atoms with Gasteiger partial charge in [0.15, 0.2) is 5.78 Å². The number of ketones is 1. The summed E-state index contributed by atoms with van der Waals surface area (Å²) in [6, 6.07) is 7.89. The molecule has 0 saturated heterocycles. The second-order valence-electron chi connectivity index (χ2n) is 5.45. The highest BCUT2D eigenvalue weighted by Gasteiger charge is 2.18. The maximum atomic E-state index is 12.3. The molecule has 5 heteroatoms. The Bertz CT molecular complexity index is 662. The third kappa shape index (κ3) is 3.48. The van der Waals surface area contributed by atoms with Crippen molar-refractivity contribution in [2.45, 2.75) is 38.1 Å². The van der Waals surface area contributed by atoms with E-state index in [0.717, 1.165) is 9.26 Å². The Kier molecular flexibility index (Phi) is 4.64. The summed E-state index contributed by atoms with van der Waals surface area (Å²) in [4.78, 5) is 12.3. The molecule has 3 nitrogen and oxygen atoms in total. The van der Waals surface area contributed by atoms with Gasteiger partial charge in [0, 0.05) is 15.3 Å². The molecule has 0 unspecified atom stereocenters. The third-order valence-electron chi connectivity index (χ3n) is 3.95. The summed E-state index contributed by atoms with van der Waals surface area (Å²) in [5.41, 5.74) is 1.48. The Labute approximate surface area is 142 Å². The van der Waals surface area contributed by atoms with Crippen LogP contribution in [0.4, 0.5) is 0 Å². The van der Waals surface area contributed by atoms with E-state index >= 15 is 0 Å². The van der Waals surface area contributed by atoms with Crippen LogP contribution in [0.1, 0.15) is 47.8 Å². The van der Waals surface area contributed by atoms with Gasteiger partial charge in [0.2, 0.25) is 0 Å². The van der Waals surface area contributed by atoms with Crippen molar-refractivity contribution >= 4 is 40.0 Å². The lowest BCUT2D eigenvalue weighted by molar-refractivity contribution is 0.0991. The first kappa shape index (κ1) is 15.0. The standard InChI is InChI=1S/C16H16ClIN2O/c17-14-9-11(5-6-15(14)18)16(21)10-12-7-8-20(19-12)13-3-1-2-4-13/h5-9,13H,1-4,10H2. The van der Waals surface area contributed by atoms with Gasteiger partial charge in [-0.3, -0.25) is 9.48 Å². The average Bonchev–Trinajstić information content (AvgIpc) is 3.12. The lowest BCUT2D eigenvalue weighted by Crippen LogP contribution is -2.08. The zero-order chi connectivity index (χ0) is 14.8. The highest BCUT2D eigenvalue weighted by Crippen LogP contribution is 2.28. The van der Waals surface area contributed by atoms with Crippen LogP contribution in [0, 0.1) is 3.57 Å². The molecule has 0 amide bonds. The van der Waals surface area contributed by atoms with Crippen LogP contribution in [0.15, 0.2) is 30.5 Å². The maximum Gasteiger partial charge on any atom is 0.168 e. The Hall–Kier alpha value is -0.880. The summed E-state index contributed by atoms with van der Waals surface area (Å²) in [7, 11) is 0. The zero-order valence-electron chi connectivity index (χ0n) is 11.6. The lowest BCUT2D eigenvalue weighted by Gasteiger charge is -2.08. The Morgan fingerprint density at radius 2 is 2.10 bits per heavy atom. The average molecular weight is 415 g/mol. The molecule has 3 rings (SSSR count). The smallest absolute Gasteiger partial charge is 0.168 e. The first-order valence-corrected chi connectivity index (χ1v) is 8.61. The predicted octanol–water partition coefficient (Wildman–Crippen LogP) is 4.68. The number of carbonyl (C=O) groups is 1. The van der Waals surface area contributed by atoms with E-state index in [-0.39, 0.29) is 5.78 Å². The van der Waals surface area contributed by atoms with Gasteiger partial charge in [-0.1, -0.05) is 30.5 Å². The normalized spacial score (nSPS) is 15.5. The van der Waals surface area contributed by atoms with Crippen molar-refractivity contribution in [3.05, 3.63) is 50.3 Å². The van der Waals surface area contributed by atoms with E-state index in [1.54, 1.807) is 6.07 Å². The topological polar surface area (TPSA) is 34.9 Å². The molecule has 0 bridgehead atoms. The third-order valence-corrected chi connectivity index (χ3v) is 5.52. The minimum Gasteiger partial charge on any atom is -0.294 e. The monoisotopic (exact) mass is 414 g/mol. The van der Waals surface area contributed by atoms with Gasteiger partial charge in [0.25, 0.3) is 0 Å². The number of Topliss-reactive ketones (excluding diaryl/α,β-unsaturated/α-hetero) is 1. The molecule has 2 aromatic rings. The van der Waals surface area contributed by atoms with Crippen LogP contribution in [-0.2, 0) is 6.42 Å². The van der Waals surface area contributed by atoms with Crippen molar-refractivity contribution in [1.82, 2.24) is 9.78 Å². The van der Waals surface area contributed by atoms with Crippen molar-refractivity contribution in [3.63, 3.8) is 0 Å². The first-order chi connectivity index (χ1) is 10.1. The maximum absolute atomic E-state index is 12.3. The minimum absolute atomic E-state index is 0.0602. The van der Waals surface area contributed by atoms with Crippen LogP contribution in [0.5, 0.6) is 0 Å². The molecule has 1 aliphatic rings. The summed E-state index contributed by atoms with van der Waals surface area (Å²) >= 11 is 8.23. The second-order valence-corrected chi connectivity index (χ2v) is 7.02. The van der Waals surface area contributed by atoms with E-state index in [9.17, 15) is 4.79 Å². The number of hydrogen-bond donors (Lipinski definition) is 0. The highest BCUT2D eigenvalue weighted by atomic mass is 127. The van der Waals surface area contributed by atoms with Crippen molar-refractivity contribution < 1.29 is 4.79 Å². The quantitative estimate of drug-likeness (QED) is 0.538. The number of halogens is 2. The molecule has 1 aliphatic carbocycles. The van der Waals surface area contributed by atoms with E-state index < -0.39 is 0 Å². The first-order valence-electron chi connectivity index (χ1n) is 7.16. The lowest BCUT2D eigenvalue weighted by atomic mass is 10.1. The summed E-state index contributed by atoms with van der Waals surface area (Å²) in [6.45, 7) is 0. The van der Waals surface area contributed by atoms with Crippen LogP contribution in [0.25, 0.3) is 0 Å². The molecule has 0 radical (unpaired) electrons. The van der Waals surface area contributed by atoms with Gasteiger partial charge < -0.3 is 0 Å². The van der Waals surface area contributed by atoms with Crippen molar-refractivity contribution in [1.29, 1.82) is 0 Å². The van der Waals surface area contributed by atoms with Gasteiger partial charge in [-0.25, -0.2) is 0 Å². The van der Waals surface area contributed by atoms with Crippen LogP contribution >= 0.6 is 34.2 Å². The molecule has 0 spiro atoms. The molecule has 0 N–H and O–H groups in total. The molecular weight excluding hydrogens is 399 g/mol. The molecule has 0 aliphatic heterocycles. The van der Waals surface area contributed by atoms with Gasteiger partial charge in [0.05, 0.1) is 23.2 Å². The predicted molar refractivity (Wildman–Crippen MR) is 91.9 cm³/mol. The number of rotatable bonds is 4. The molecule has 1 heterocycles. The fourth-order valence-corrected chi connectivity index (χ4v) is 3.30. The number of benzene rings is 1. The van der Waals surface area contributed by atoms with E-state index in [4.69, 9.17) is 11.6 Å². The van der Waals surface area contributed by atoms with Gasteiger partial charge in [0.1, 0.15) is 0 Å². The molecular formula is C16H16ClIN2O. The summed E-state index contributed by atoms with van der Waals surface area (Å²) in [5.74, 6) is 0.0602. The summed E-state index contributed by atoms with van der Waals surface area (Å²) in [6.07, 6.45) is 7.28. The van der Waals surface area contributed by atoms with Crippen LogP contribution < -0.4 is 0 Å². The van der Waals surface area contributed by atoms with Gasteiger partial charge >= 0.3 is 0 Å². The van der Waals surface area contributed by atoms with E-state index in [2.05, 4.69) is 27.7 Å². The van der Waals surface area contributed by atoms with E-state index in [1.807, 2.05) is 29.1 Å². The van der Waals surface area contributed by atoms with Crippen LogP contribution in [0.2, 0.25) is 5.02 Å². The molecule has 1 aromatic carbocycles. The Morgan fingerprint density at radius 3 is 2.81 bits per heavy atom. The number of carbonyl (C=O) groups excluding carboxylic acids is 1. The second kappa shape index (κ2) is 6.48. The molecule has 1 saturated carbocycles. The molecule has 1 aromatic heterocycles. The molecule has 0 atom stereocenters. The van der Waals surface area contributed by atoms with Crippen molar-refractivity contribution in [2.24, 2.45) is 0 Å². The zero-order valence-corrected chi connectivity index (χ0v) is 14.5. The van der Waals surface area contributed by atoms with Gasteiger partial charge in [-0.05, 0) is 53.6 Å². The number of hydrogen-bond acceptors (Lipinski definition) is 2. The van der Waals surface area contributed by atoms with Crippen molar-refractivity contribution in [2.75, 3.05) is 0 Å². The van der Waals surface area contributed by atoms with Crippen molar-refractivity contribution in [3.8, 4) is 0 Å². The van der Waals surface area contributed by atoms with Crippen LogP contribution in [-0.4, -0.2) is 15.6 Å². The van der Waals surface area contributed by atoms with Gasteiger partial charge in [-0.2, -0.15) is 5.10 Å². The minimum atomic E-state index is 0.0602. The molecule has 110 valence electrons. The van der Waals surface area contributed by atoms with E-state index in [1.165, 1.54) is 25.7 Å². The molecule has 21 heavy (non-hydrogen) atoms. The summed E-state index contributed by atoms with van der Waals surface area (Å²) < 4.78 is 2.98. The van der Waals surface area contributed by atoms with Crippen LogP contribution in [0.3, 0.4) is 0 Å². The SMILES string of the molecule is O=C(Cc1ccn(C2CCCC2)n1)c1ccc(I)c(Cl)c1. The Balaban J connectivity index is 1.70.